The molecule has 0 bridgehead atoms. The summed E-state index contributed by atoms with van der Waals surface area (Å²) in [6.07, 6.45) is 6.68. The van der Waals surface area contributed by atoms with E-state index in [0.717, 1.165) is 16.8 Å². The van der Waals surface area contributed by atoms with Gasteiger partial charge in [-0.25, -0.2) is 13.4 Å². The number of sulfonamides is 1. The highest BCUT2D eigenvalue weighted by Crippen LogP contribution is 2.24. The molecule has 0 atom stereocenters. The first-order valence-electron chi connectivity index (χ1n) is 9.05. The molecule has 0 radical (unpaired) electrons. The number of nitrogens with one attached hydrogen (secondary N) is 1. The first kappa shape index (κ1) is 19.0. The number of amides is 1. The van der Waals surface area contributed by atoms with Gasteiger partial charge >= 0.3 is 0 Å². The number of rotatable bonds is 4. The molecule has 0 saturated heterocycles. The fourth-order valence-electron chi connectivity index (χ4n) is 3.18. The van der Waals surface area contributed by atoms with Crippen molar-refractivity contribution < 1.29 is 13.2 Å². The van der Waals surface area contributed by atoms with E-state index in [1.165, 1.54) is 12.4 Å². The lowest BCUT2D eigenvalue weighted by Crippen LogP contribution is -2.36. The molecule has 9 heteroatoms. The van der Waals surface area contributed by atoms with Crippen molar-refractivity contribution in [3.63, 3.8) is 0 Å². The van der Waals surface area contributed by atoms with Crippen LogP contribution >= 0.6 is 0 Å². The van der Waals surface area contributed by atoms with Gasteiger partial charge in [0, 0.05) is 25.5 Å². The molecular formula is C20H19N5O3S. The van der Waals surface area contributed by atoms with Gasteiger partial charge in [0.15, 0.2) is 0 Å². The summed E-state index contributed by atoms with van der Waals surface area (Å²) in [5.41, 5.74) is 3.24. The van der Waals surface area contributed by atoms with Gasteiger partial charge in [0.05, 0.1) is 28.7 Å². The Morgan fingerprint density at radius 1 is 1.10 bits per heavy atom. The lowest BCUT2D eigenvalue weighted by atomic mass is 9.99. The Labute approximate surface area is 168 Å². The standard InChI is InChI=1S/C20H19N5O3S/c1-14-10-23-19(12-22-14)20(26)25-8-6-15-4-5-18(9-16(15)13-25)29(27,28)24-17-3-2-7-21-11-17/h2-5,7,9-12,24H,6,8,13H2,1H3. The van der Waals surface area contributed by atoms with Crippen LogP contribution in [0.25, 0.3) is 0 Å². The van der Waals surface area contributed by atoms with Crippen LogP contribution in [0.1, 0.15) is 27.3 Å². The zero-order valence-corrected chi connectivity index (χ0v) is 16.6. The summed E-state index contributed by atoms with van der Waals surface area (Å²) in [6, 6.07) is 8.30. The summed E-state index contributed by atoms with van der Waals surface area (Å²) in [7, 11) is -3.76. The molecule has 2 aromatic heterocycles. The fraction of sp³-hybridized carbons (Fsp3) is 0.200. The lowest BCUT2D eigenvalue weighted by molar-refractivity contribution is 0.0728. The van der Waals surface area contributed by atoms with Gasteiger partial charge in [0.1, 0.15) is 5.69 Å². The summed E-state index contributed by atoms with van der Waals surface area (Å²) < 4.78 is 28.0. The lowest BCUT2D eigenvalue weighted by Gasteiger charge is -2.29. The van der Waals surface area contributed by atoms with E-state index in [1.807, 2.05) is 0 Å². The number of anilines is 1. The smallest absolute Gasteiger partial charge is 0.274 e. The van der Waals surface area contributed by atoms with Gasteiger partial charge in [-0.05, 0) is 48.7 Å². The van der Waals surface area contributed by atoms with Crippen LogP contribution in [0.15, 0.2) is 60.0 Å². The summed E-state index contributed by atoms with van der Waals surface area (Å²) in [5.74, 6) is -0.218. The molecule has 0 spiro atoms. The zero-order chi connectivity index (χ0) is 20.4. The number of fused-ring (bicyclic) bond motifs is 1. The van der Waals surface area contributed by atoms with Crippen LogP contribution in [0.3, 0.4) is 0 Å². The maximum absolute atomic E-state index is 12.7. The molecule has 1 amide bonds. The molecule has 4 rings (SSSR count). The molecule has 1 aliphatic heterocycles. The molecule has 3 aromatic rings. The average molecular weight is 409 g/mol. The maximum Gasteiger partial charge on any atom is 0.274 e. The van der Waals surface area contributed by atoms with Gasteiger partial charge in [-0.2, -0.15) is 0 Å². The SMILES string of the molecule is Cc1cnc(C(=O)N2CCc3ccc(S(=O)(=O)Nc4cccnc4)cc3C2)cn1. The Hall–Kier alpha value is -3.33. The average Bonchev–Trinajstić information content (AvgIpc) is 2.73. The minimum atomic E-state index is -3.76. The molecular weight excluding hydrogens is 390 g/mol. The number of pyridine rings is 1. The molecule has 1 N–H and O–H groups in total. The van der Waals surface area contributed by atoms with Crippen molar-refractivity contribution in [3.05, 3.63) is 77.6 Å². The highest BCUT2D eigenvalue weighted by Gasteiger charge is 2.25. The highest BCUT2D eigenvalue weighted by molar-refractivity contribution is 7.92. The highest BCUT2D eigenvalue weighted by atomic mass is 32.2. The van der Waals surface area contributed by atoms with Crippen LogP contribution in [0, 0.1) is 6.92 Å². The molecule has 148 valence electrons. The third kappa shape index (κ3) is 4.09. The Morgan fingerprint density at radius 3 is 2.69 bits per heavy atom. The number of aryl methyl sites for hydroxylation is 1. The van der Waals surface area contributed by atoms with Crippen molar-refractivity contribution in [2.45, 2.75) is 24.8 Å². The first-order chi connectivity index (χ1) is 13.9. The third-order valence-corrected chi connectivity index (χ3v) is 6.08. The van der Waals surface area contributed by atoms with Crippen molar-refractivity contribution in [1.82, 2.24) is 19.9 Å². The van der Waals surface area contributed by atoms with Crippen LogP contribution in [0.4, 0.5) is 5.69 Å². The predicted molar refractivity (Wildman–Crippen MR) is 107 cm³/mol. The second-order valence-corrected chi connectivity index (χ2v) is 8.48. The predicted octanol–water partition coefficient (Wildman–Crippen LogP) is 2.18. The number of nitrogens with zero attached hydrogens (tertiary/aromatic N) is 4. The van der Waals surface area contributed by atoms with Gasteiger partial charge < -0.3 is 4.90 Å². The number of benzene rings is 1. The monoisotopic (exact) mass is 409 g/mol. The van der Waals surface area contributed by atoms with Gasteiger partial charge in [0.2, 0.25) is 0 Å². The number of carbonyl (C=O) groups excluding carboxylic acids is 1. The maximum atomic E-state index is 12.7. The molecule has 8 nitrogen and oxygen atoms in total. The minimum Gasteiger partial charge on any atom is -0.333 e. The van der Waals surface area contributed by atoms with E-state index < -0.39 is 10.0 Å². The van der Waals surface area contributed by atoms with Crippen LogP contribution in [0.5, 0.6) is 0 Å². The van der Waals surface area contributed by atoms with E-state index >= 15 is 0 Å². The molecule has 1 aliphatic rings. The van der Waals surface area contributed by atoms with Crippen LogP contribution in [-0.4, -0.2) is 40.7 Å². The van der Waals surface area contributed by atoms with Crippen LogP contribution in [0.2, 0.25) is 0 Å². The van der Waals surface area contributed by atoms with Crippen molar-refractivity contribution in [1.29, 1.82) is 0 Å². The quantitative estimate of drug-likeness (QED) is 0.708. The van der Waals surface area contributed by atoms with E-state index in [2.05, 4.69) is 19.7 Å². The molecule has 3 heterocycles. The topological polar surface area (TPSA) is 105 Å². The second-order valence-electron chi connectivity index (χ2n) is 6.80. The second kappa shape index (κ2) is 7.59. The van der Waals surface area contributed by atoms with Crippen LogP contribution < -0.4 is 4.72 Å². The molecule has 0 unspecified atom stereocenters. The van der Waals surface area contributed by atoms with E-state index in [1.54, 1.807) is 54.5 Å². The fourth-order valence-corrected chi connectivity index (χ4v) is 4.27. The first-order valence-corrected chi connectivity index (χ1v) is 10.5. The summed E-state index contributed by atoms with van der Waals surface area (Å²) in [5, 5.41) is 0. The summed E-state index contributed by atoms with van der Waals surface area (Å²) in [4.78, 5) is 26.7. The van der Waals surface area contributed by atoms with Crippen molar-refractivity contribution >= 4 is 21.6 Å². The Balaban J connectivity index is 1.57. The van der Waals surface area contributed by atoms with E-state index in [0.29, 0.717) is 25.2 Å². The molecule has 29 heavy (non-hydrogen) atoms. The van der Waals surface area contributed by atoms with Crippen molar-refractivity contribution in [2.24, 2.45) is 0 Å². The molecule has 0 fully saturated rings. The molecule has 0 aliphatic carbocycles. The van der Waals surface area contributed by atoms with Crippen LogP contribution in [-0.2, 0) is 23.0 Å². The Bertz CT molecular complexity index is 1150. The third-order valence-electron chi connectivity index (χ3n) is 4.70. The van der Waals surface area contributed by atoms with Crippen molar-refractivity contribution in [3.8, 4) is 0 Å². The zero-order valence-electron chi connectivity index (χ0n) is 15.7. The number of hydrogen-bond donors (Lipinski definition) is 1. The van der Waals surface area contributed by atoms with Gasteiger partial charge in [-0.1, -0.05) is 6.07 Å². The molecule has 1 aromatic carbocycles. The minimum absolute atomic E-state index is 0.143. The number of hydrogen-bond acceptors (Lipinski definition) is 6. The van der Waals surface area contributed by atoms with Gasteiger partial charge in [-0.15, -0.1) is 0 Å². The Morgan fingerprint density at radius 2 is 1.97 bits per heavy atom. The Kier molecular flexibility index (Phi) is 4.98. The van der Waals surface area contributed by atoms with Crippen molar-refractivity contribution in [2.75, 3.05) is 11.3 Å². The largest absolute Gasteiger partial charge is 0.333 e. The summed E-state index contributed by atoms with van der Waals surface area (Å²) in [6.45, 7) is 2.67. The van der Waals surface area contributed by atoms with E-state index in [-0.39, 0.29) is 16.5 Å². The number of carbonyl (C=O) groups is 1. The normalized spacial score (nSPS) is 13.6. The van der Waals surface area contributed by atoms with E-state index in [9.17, 15) is 13.2 Å². The molecule has 0 saturated carbocycles. The summed E-state index contributed by atoms with van der Waals surface area (Å²) >= 11 is 0. The van der Waals surface area contributed by atoms with E-state index in [4.69, 9.17) is 0 Å². The number of aromatic nitrogens is 3. The van der Waals surface area contributed by atoms with Gasteiger partial charge in [-0.3, -0.25) is 19.5 Å². The van der Waals surface area contributed by atoms with Gasteiger partial charge in [0.25, 0.3) is 15.9 Å².